The standard InChI is InChI=1S/C37H48N4O14/c1-3-39-24-18-26(25(17-23(24)34(47)48)53-20-41-37(38)40-12-7-8-13-42)54-36-33(46)32(45)31(44)29(55-36)19-52-35(49)22-15-27(50-2)30(43)28(16-22)51-14-11-21-9-5-4-6-10-21/h4-6,9-10,15-18,29,31-33,36,39,42-46H,3,7-8,11-14,19-20H2,1-2H3,(H,47,48)(H3,38,40,41)/t29-,31-,32+,33-,36+/m1/s1. The van der Waals surface area contributed by atoms with Crippen molar-refractivity contribution in [3.05, 3.63) is 71.3 Å². The van der Waals surface area contributed by atoms with Crippen LogP contribution in [0.5, 0.6) is 28.7 Å². The normalized spacial score (nSPS) is 19.6. The van der Waals surface area contributed by atoms with Crippen LogP contribution in [0, 0.1) is 0 Å². The molecule has 5 atom stereocenters. The molecule has 0 spiro atoms. The second kappa shape index (κ2) is 20.8. The van der Waals surface area contributed by atoms with Crippen LogP contribution in [0.3, 0.4) is 0 Å². The summed E-state index contributed by atoms with van der Waals surface area (Å²) in [5.41, 5.74) is 6.75. The number of benzene rings is 3. The molecule has 0 amide bonds. The summed E-state index contributed by atoms with van der Waals surface area (Å²) in [7, 11) is 1.30. The first-order chi connectivity index (χ1) is 26.5. The van der Waals surface area contributed by atoms with E-state index in [2.05, 4.69) is 15.6 Å². The summed E-state index contributed by atoms with van der Waals surface area (Å²) in [6.07, 6.45) is -6.79. The van der Waals surface area contributed by atoms with E-state index in [1.54, 1.807) is 6.92 Å². The van der Waals surface area contributed by atoms with Crippen molar-refractivity contribution in [2.45, 2.75) is 56.9 Å². The van der Waals surface area contributed by atoms with E-state index in [1.807, 2.05) is 30.3 Å². The minimum Gasteiger partial charge on any atom is -0.502 e. The van der Waals surface area contributed by atoms with Gasteiger partial charge in [0.1, 0.15) is 31.0 Å². The largest absolute Gasteiger partial charge is 0.502 e. The third-order valence-electron chi connectivity index (χ3n) is 8.30. The lowest BCUT2D eigenvalue weighted by atomic mass is 9.99. The lowest BCUT2D eigenvalue weighted by Crippen LogP contribution is -2.60. The van der Waals surface area contributed by atoms with E-state index in [-0.39, 0.29) is 71.5 Å². The Kier molecular flexibility index (Phi) is 16.0. The number of aliphatic imine (C=N–C) groups is 1. The van der Waals surface area contributed by atoms with E-state index in [0.29, 0.717) is 32.4 Å². The Labute approximate surface area is 317 Å². The monoisotopic (exact) mass is 772 g/mol. The summed E-state index contributed by atoms with van der Waals surface area (Å²) < 4.78 is 33.8. The van der Waals surface area contributed by atoms with Crippen LogP contribution < -0.4 is 35.3 Å². The summed E-state index contributed by atoms with van der Waals surface area (Å²) in [6, 6.07) is 14.5. The molecule has 0 aliphatic carbocycles. The summed E-state index contributed by atoms with van der Waals surface area (Å²) in [5, 5.41) is 67.5. The van der Waals surface area contributed by atoms with Crippen molar-refractivity contribution in [2.75, 3.05) is 52.1 Å². The molecule has 1 fully saturated rings. The van der Waals surface area contributed by atoms with E-state index < -0.39 is 49.3 Å². The first-order valence-corrected chi connectivity index (χ1v) is 17.5. The molecule has 1 aliphatic rings. The molecule has 0 bridgehead atoms. The number of esters is 1. The number of nitrogens with one attached hydrogen (secondary N) is 2. The van der Waals surface area contributed by atoms with Crippen LogP contribution in [0.2, 0.25) is 0 Å². The van der Waals surface area contributed by atoms with Gasteiger partial charge in [-0.05, 0) is 37.5 Å². The van der Waals surface area contributed by atoms with E-state index in [4.69, 9.17) is 39.3 Å². The SMILES string of the molecule is CCNc1cc(O[C@H]2O[C@H](COC(=O)c3cc(OC)c(O)c(OCCc4ccccc4)c3)[C@@H](O)[C@H](O)[C@H]2O)c(OCN=C(N)NCCCCO)cc1C(=O)O. The van der Waals surface area contributed by atoms with Crippen molar-refractivity contribution in [3.8, 4) is 28.7 Å². The number of carbonyl (C=O) groups is 2. The fourth-order valence-corrected chi connectivity index (χ4v) is 5.37. The molecule has 300 valence electrons. The number of nitrogens with two attached hydrogens (primary N) is 1. The number of methoxy groups -OCH3 is 1. The number of unbranched alkanes of at least 4 members (excludes halogenated alkanes) is 1. The topological polar surface area (TPSA) is 273 Å². The highest BCUT2D eigenvalue weighted by Crippen LogP contribution is 2.39. The molecule has 3 aromatic carbocycles. The number of hydrogen-bond donors (Lipinski definition) is 9. The van der Waals surface area contributed by atoms with Crippen LogP contribution in [0.4, 0.5) is 5.69 Å². The fourth-order valence-electron chi connectivity index (χ4n) is 5.37. The number of rotatable bonds is 20. The zero-order chi connectivity index (χ0) is 39.9. The van der Waals surface area contributed by atoms with Crippen LogP contribution in [-0.4, -0.2) is 126 Å². The fraction of sp³-hybridized carbons (Fsp3) is 0.432. The molecule has 55 heavy (non-hydrogen) atoms. The van der Waals surface area contributed by atoms with Gasteiger partial charge >= 0.3 is 11.9 Å². The first-order valence-electron chi connectivity index (χ1n) is 17.5. The highest BCUT2D eigenvalue weighted by Gasteiger charge is 2.46. The molecular weight excluding hydrogens is 724 g/mol. The van der Waals surface area contributed by atoms with E-state index in [1.165, 1.54) is 31.4 Å². The van der Waals surface area contributed by atoms with Crippen LogP contribution in [0.15, 0.2) is 59.6 Å². The molecule has 18 heteroatoms. The molecule has 0 saturated carbocycles. The van der Waals surface area contributed by atoms with Crippen molar-refractivity contribution in [3.63, 3.8) is 0 Å². The Hall–Kier alpha value is -5.53. The number of aliphatic hydroxyl groups excluding tert-OH is 4. The summed E-state index contributed by atoms with van der Waals surface area (Å²) in [5.74, 6) is -2.87. The van der Waals surface area contributed by atoms with Gasteiger partial charge in [-0.25, -0.2) is 14.6 Å². The van der Waals surface area contributed by atoms with E-state index >= 15 is 0 Å². The van der Waals surface area contributed by atoms with Gasteiger partial charge in [0.15, 0.2) is 35.7 Å². The van der Waals surface area contributed by atoms with Gasteiger partial charge in [0.05, 0.1) is 30.5 Å². The Morgan fingerprint density at radius 3 is 2.38 bits per heavy atom. The quantitative estimate of drug-likeness (QED) is 0.0338. The highest BCUT2D eigenvalue weighted by atomic mass is 16.7. The highest BCUT2D eigenvalue weighted by molar-refractivity contribution is 5.95. The molecule has 0 radical (unpaired) electrons. The van der Waals surface area contributed by atoms with Gasteiger partial charge in [-0.3, -0.25) is 0 Å². The Balaban J connectivity index is 1.49. The third kappa shape index (κ3) is 11.7. The van der Waals surface area contributed by atoms with Crippen molar-refractivity contribution < 1.29 is 68.6 Å². The van der Waals surface area contributed by atoms with Gasteiger partial charge in [0.25, 0.3) is 0 Å². The molecule has 0 aromatic heterocycles. The van der Waals surface area contributed by atoms with Crippen molar-refractivity contribution in [1.82, 2.24) is 5.32 Å². The second-order valence-electron chi connectivity index (χ2n) is 12.2. The lowest BCUT2D eigenvalue weighted by Gasteiger charge is -2.40. The van der Waals surface area contributed by atoms with E-state index in [0.717, 1.165) is 5.56 Å². The number of nitrogens with zero attached hydrogens (tertiary/aromatic N) is 1. The molecule has 10 N–H and O–H groups in total. The molecule has 1 saturated heterocycles. The number of phenols is 1. The molecule has 18 nitrogen and oxygen atoms in total. The summed E-state index contributed by atoms with van der Waals surface area (Å²) in [6.45, 7) is 1.72. The second-order valence-corrected chi connectivity index (χ2v) is 12.2. The Morgan fingerprint density at radius 2 is 1.69 bits per heavy atom. The van der Waals surface area contributed by atoms with Gasteiger partial charge in [0.2, 0.25) is 12.0 Å². The van der Waals surface area contributed by atoms with E-state index in [9.17, 15) is 35.1 Å². The predicted molar refractivity (Wildman–Crippen MR) is 197 cm³/mol. The minimum atomic E-state index is -1.84. The van der Waals surface area contributed by atoms with Crippen molar-refractivity contribution >= 4 is 23.6 Å². The van der Waals surface area contributed by atoms with Crippen LogP contribution in [0.25, 0.3) is 0 Å². The van der Waals surface area contributed by atoms with Gasteiger partial charge in [-0.2, -0.15) is 0 Å². The maximum atomic E-state index is 13.2. The minimum absolute atomic E-state index is 0.0289. The number of anilines is 1. The molecule has 4 rings (SSSR count). The Bertz CT molecular complexity index is 1740. The van der Waals surface area contributed by atoms with Crippen LogP contribution in [-0.2, 0) is 15.9 Å². The number of ether oxygens (including phenoxy) is 6. The number of guanidine groups is 1. The number of aromatic carboxylic acids is 1. The number of phenolic OH excluding ortho intramolecular Hbond substituents is 1. The summed E-state index contributed by atoms with van der Waals surface area (Å²) in [4.78, 5) is 29.3. The number of carboxylic acid groups (broad SMARTS) is 1. The number of aliphatic hydroxyl groups is 4. The predicted octanol–water partition coefficient (Wildman–Crippen LogP) is 1.21. The van der Waals surface area contributed by atoms with Gasteiger partial charge < -0.3 is 75.4 Å². The van der Waals surface area contributed by atoms with Gasteiger partial charge in [0, 0.05) is 38.2 Å². The smallest absolute Gasteiger partial charge is 0.338 e. The number of aromatic hydroxyl groups is 1. The lowest BCUT2D eigenvalue weighted by molar-refractivity contribution is -0.277. The third-order valence-corrected chi connectivity index (χ3v) is 8.30. The van der Waals surface area contributed by atoms with Gasteiger partial charge in [-0.1, -0.05) is 30.3 Å². The molecule has 0 unspecified atom stereocenters. The zero-order valence-electron chi connectivity index (χ0n) is 30.4. The maximum Gasteiger partial charge on any atom is 0.338 e. The van der Waals surface area contributed by atoms with Crippen molar-refractivity contribution in [2.24, 2.45) is 10.7 Å². The average Bonchev–Trinajstić information content (AvgIpc) is 3.17. The number of hydrogen-bond acceptors (Lipinski definition) is 15. The van der Waals surface area contributed by atoms with Crippen LogP contribution >= 0.6 is 0 Å². The Morgan fingerprint density at radius 1 is 0.945 bits per heavy atom. The number of carboxylic acids is 1. The molecule has 3 aromatic rings. The number of carbonyl (C=O) groups excluding carboxylic acids is 1. The summed E-state index contributed by atoms with van der Waals surface area (Å²) >= 11 is 0. The first kappa shape index (κ1) is 42.2. The molecular formula is C37H48N4O14. The molecule has 1 heterocycles. The average molecular weight is 773 g/mol. The van der Waals surface area contributed by atoms with Crippen molar-refractivity contribution in [1.29, 1.82) is 0 Å². The van der Waals surface area contributed by atoms with Crippen LogP contribution in [0.1, 0.15) is 46.0 Å². The molecule has 1 aliphatic heterocycles. The zero-order valence-corrected chi connectivity index (χ0v) is 30.4. The van der Waals surface area contributed by atoms with Gasteiger partial charge in [-0.15, -0.1) is 0 Å². The maximum absolute atomic E-state index is 13.2.